The standard InChI is InChI=1S/C56H93FN6O9/c1-15-42(21-18-23-58)43-20-17-19-41(27-43)28-46(31-57)63-33-44(59-60-63)22-24-61(12)45-26-36(5)69-49(29-45)72-51-35(4)25-34(3)32-62(13)39(8)52(64)56(11,67)48(16-2)71-54(66)38(7)50(37(51)6)47-30-55(10,68-14)53(65)40(9)70-47/h17-21,23,27,33-40,45-51,53,59-60,65,67H,15-16,22,24-26,28-32,58H2,1-14H3/b23-18-,42-21+/t34-,35+,36-,37+,38-,39-,40+,45+,46?,47?,48-,49+,50?,51+,53+,55-,56-/m1/s1. The summed E-state index contributed by atoms with van der Waals surface area (Å²) in [5, 5.41) is 25.0. The van der Waals surface area contributed by atoms with E-state index in [1.54, 1.807) is 21.0 Å². The number of alkyl halides is 1. The molecule has 4 heterocycles. The Morgan fingerprint density at radius 3 is 2.46 bits per heavy atom. The van der Waals surface area contributed by atoms with Crippen LogP contribution in [0.25, 0.3) is 5.57 Å². The first-order valence-electron chi connectivity index (χ1n) is 26.8. The van der Waals surface area contributed by atoms with Crippen LogP contribution in [0.4, 0.5) is 4.39 Å². The number of halogens is 1. The molecule has 4 aliphatic rings. The molecule has 0 bridgehead atoms. The zero-order valence-corrected chi connectivity index (χ0v) is 46.1. The van der Waals surface area contributed by atoms with Crippen LogP contribution in [0.15, 0.2) is 54.5 Å². The van der Waals surface area contributed by atoms with E-state index in [0.717, 1.165) is 48.2 Å². The molecule has 408 valence electrons. The van der Waals surface area contributed by atoms with E-state index in [1.807, 2.05) is 68.2 Å². The lowest BCUT2D eigenvalue weighted by Crippen LogP contribution is -2.59. The molecule has 0 amide bonds. The third kappa shape index (κ3) is 14.5. The second-order valence-corrected chi connectivity index (χ2v) is 22.3. The maximum absolute atomic E-state index is 14.7. The fraction of sp³-hybridized carbons (Fsp3) is 0.750. The highest BCUT2D eigenvalue weighted by Gasteiger charge is 2.53. The summed E-state index contributed by atoms with van der Waals surface area (Å²) in [4.78, 5) is 32.9. The minimum absolute atomic E-state index is 0.0356. The van der Waals surface area contributed by atoms with Gasteiger partial charge in [-0.3, -0.25) is 19.5 Å². The molecule has 72 heavy (non-hydrogen) atoms. The van der Waals surface area contributed by atoms with Crippen molar-refractivity contribution in [2.75, 3.05) is 41.0 Å². The molecular formula is C56H93FN6O9. The van der Waals surface area contributed by atoms with E-state index in [0.29, 0.717) is 32.2 Å². The second-order valence-electron chi connectivity index (χ2n) is 22.3. The second kappa shape index (κ2) is 26.4. The first-order valence-corrected chi connectivity index (χ1v) is 26.8. The van der Waals surface area contributed by atoms with E-state index in [9.17, 15) is 24.2 Å². The largest absolute Gasteiger partial charge is 0.459 e. The van der Waals surface area contributed by atoms with Crippen LogP contribution in [-0.2, 0) is 39.7 Å². The van der Waals surface area contributed by atoms with Gasteiger partial charge in [-0.05, 0) is 128 Å². The van der Waals surface area contributed by atoms with Crippen LogP contribution < -0.4 is 16.7 Å². The van der Waals surface area contributed by atoms with E-state index < -0.39 is 90.4 Å². The molecule has 5 rings (SSSR count). The first kappa shape index (κ1) is 59.4. The molecule has 17 atom stereocenters. The number of hydrazine groups is 2. The number of carbonyl (C=O) groups excluding carboxylic acids is 2. The zero-order valence-electron chi connectivity index (χ0n) is 46.1. The molecule has 1 aromatic rings. The van der Waals surface area contributed by atoms with Crippen LogP contribution in [0.1, 0.15) is 132 Å². The summed E-state index contributed by atoms with van der Waals surface area (Å²) in [7, 11) is 5.62. The predicted octanol–water partition coefficient (Wildman–Crippen LogP) is 7.07. The van der Waals surface area contributed by atoms with Crippen molar-refractivity contribution in [1.82, 2.24) is 25.8 Å². The van der Waals surface area contributed by atoms with E-state index in [1.165, 1.54) is 13.1 Å². The average molecular weight is 1010 g/mol. The van der Waals surface area contributed by atoms with Gasteiger partial charge in [-0.15, -0.1) is 5.53 Å². The van der Waals surface area contributed by atoms with E-state index in [4.69, 9.17) is 29.4 Å². The monoisotopic (exact) mass is 1010 g/mol. The van der Waals surface area contributed by atoms with Crippen LogP contribution in [0.5, 0.6) is 0 Å². The van der Waals surface area contributed by atoms with Gasteiger partial charge in [0, 0.05) is 63.3 Å². The number of esters is 1. The highest BCUT2D eigenvalue weighted by molar-refractivity contribution is 5.92. The fourth-order valence-corrected chi connectivity index (χ4v) is 12.1. The molecule has 1 aromatic carbocycles. The zero-order chi connectivity index (χ0) is 53.2. The number of allylic oxidation sites excluding steroid dienone is 3. The van der Waals surface area contributed by atoms with Crippen LogP contribution in [0.3, 0.4) is 0 Å². The number of benzene rings is 1. The van der Waals surface area contributed by atoms with Gasteiger partial charge in [-0.2, -0.15) is 0 Å². The van der Waals surface area contributed by atoms with Crippen molar-refractivity contribution < 1.29 is 47.9 Å². The van der Waals surface area contributed by atoms with Crippen LogP contribution in [0.2, 0.25) is 0 Å². The Labute approximate surface area is 431 Å². The van der Waals surface area contributed by atoms with Crippen molar-refractivity contribution in [2.24, 2.45) is 35.3 Å². The van der Waals surface area contributed by atoms with Gasteiger partial charge in [-0.1, -0.05) is 71.9 Å². The SMILES string of the molecule is CC/C(=C\C=C/N)c1cccc(CC(CF)N2C=C(CCN(C)[C@@H]3C[C@H](O[C@H]4[C@@H](C)C[C@@H](C)CN(C)[C@H](C)C(=O)[C@](C)(O)[C@@H](CC)OC(=O)[C@H](C)C(C5C[C@@](C)(OC)[C@@H](O)[C@H](C)O5)[C@@H]4C)O[C@H](C)C3)NN2)c1. The summed E-state index contributed by atoms with van der Waals surface area (Å²) in [6.07, 6.45) is 7.94. The molecular weight excluding hydrogens is 920 g/mol. The first-order chi connectivity index (χ1) is 34.0. The van der Waals surface area contributed by atoms with Crippen LogP contribution >= 0.6 is 0 Å². The minimum Gasteiger partial charge on any atom is -0.459 e. The Morgan fingerprint density at radius 2 is 1.81 bits per heavy atom. The number of rotatable bonds is 16. The number of ketones is 1. The summed E-state index contributed by atoms with van der Waals surface area (Å²) in [5.74, 6) is -2.42. The maximum atomic E-state index is 14.7. The van der Waals surface area contributed by atoms with Crippen molar-refractivity contribution in [1.29, 1.82) is 0 Å². The molecule has 0 radical (unpaired) electrons. The van der Waals surface area contributed by atoms with Crippen molar-refractivity contribution in [3.8, 4) is 0 Å². The molecule has 3 fully saturated rings. The predicted molar refractivity (Wildman–Crippen MR) is 280 cm³/mol. The molecule has 0 aromatic heterocycles. The van der Waals surface area contributed by atoms with Gasteiger partial charge in [0.15, 0.2) is 17.7 Å². The lowest BCUT2D eigenvalue weighted by Gasteiger charge is -2.50. The molecule has 0 aliphatic carbocycles. The van der Waals surface area contributed by atoms with Crippen molar-refractivity contribution >= 4 is 17.3 Å². The number of nitrogens with zero attached hydrogens (tertiary/aromatic N) is 3. The molecule has 3 unspecified atom stereocenters. The molecule has 16 heteroatoms. The quantitative estimate of drug-likeness (QED) is 0.0838. The number of ether oxygens (including phenoxy) is 5. The minimum atomic E-state index is -1.93. The molecule has 15 nitrogen and oxygen atoms in total. The Bertz CT molecular complexity index is 2010. The maximum Gasteiger partial charge on any atom is 0.309 e. The molecule has 3 saturated heterocycles. The topological polar surface area (TPSA) is 181 Å². The lowest BCUT2D eigenvalue weighted by molar-refractivity contribution is -0.257. The van der Waals surface area contributed by atoms with Crippen molar-refractivity contribution in [3.05, 3.63) is 65.6 Å². The van der Waals surface area contributed by atoms with Gasteiger partial charge in [-0.25, -0.2) is 4.39 Å². The summed E-state index contributed by atoms with van der Waals surface area (Å²) in [6, 6.07) is 7.36. The number of hydrogen-bond donors (Lipinski definition) is 5. The number of nitrogens with one attached hydrogen (secondary N) is 2. The number of aliphatic hydroxyl groups is 2. The lowest BCUT2D eigenvalue weighted by atomic mass is 9.69. The number of likely N-dealkylation sites (N-methyl/N-ethyl adjacent to an activating group) is 1. The van der Waals surface area contributed by atoms with Crippen molar-refractivity contribution in [2.45, 2.75) is 200 Å². The summed E-state index contributed by atoms with van der Waals surface area (Å²) in [6.45, 7) is 22.1. The van der Waals surface area contributed by atoms with Crippen molar-refractivity contribution in [3.63, 3.8) is 0 Å². The van der Waals surface area contributed by atoms with Gasteiger partial charge in [0.1, 0.15) is 18.9 Å². The normalized spacial score (nSPS) is 37.8. The Hall–Kier alpha value is -3.45. The molecule has 0 spiro atoms. The number of aliphatic hydroxyl groups excluding tert-OH is 1. The van der Waals surface area contributed by atoms with Gasteiger partial charge in [0.25, 0.3) is 0 Å². The van der Waals surface area contributed by atoms with E-state index >= 15 is 0 Å². The molecule has 4 aliphatic heterocycles. The van der Waals surface area contributed by atoms with Gasteiger partial charge >= 0.3 is 5.97 Å². The Kier molecular flexibility index (Phi) is 21.8. The summed E-state index contributed by atoms with van der Waals surface area (Å²) >= 11 is 0. The number of methoxy groups -OCH3 is 1. The Balaban J connectivity index is 1.37. The van der Waals surface area contributed by atoms with Crippen LogP contribution in [-0.4, -0.2) is 150 Å². The third-order valence-electron chi connectivity index (χ3n) is 16.7. The van der Waals surface area contributed by atoms with Gasteiger partial charge < -0.3 is 50.0 Å². The van der Waals surface area contributed by atoms with Gasteiger partial charge in [0.2, 0.25) is 0 Å². The smallest absolute Gasteiger partial charge is 0.309 e. The number of Topliss-reactive ketones (excluding diaryl/α,β-unsaturated/α-hetero) is 1. The van der Waals surface area contributed by atoms with E-state index in [-0.39, 0.29) is 36.3 Å². The number of hydrogen-bond acceptors (Lipinski definition) is 15. The number of nitrogens with two attached hydrogens (primary N) is 1. The Morgan fingerprint density at radius 1 is 1.08 bits per heavy atom. The highest BCUT2D eigenvalue weighted by Crippen LogP contribution is 2.44. The number of cyclic esters (lactones) is 1. The molecule has 0 saturated carbocycles. The fourth-order valence-electron chi connectivity index (χ4n) is 12.1. The molecule has 6 N–H and O–H groups in total. The third-order valence-corrected chi connectivity index (χ3v) is 16.7. The average Bonchev–Trinajstić information content (AvgIpc) is 3.83. The highest BCUT2D eigenvalue weighted by atomic mass is 19.1. The van der Waals surface area contributed by atoms with Gasteiger partial charge in [0.05, 0.1) is 48.0 Å². The number of carbonyl (C=O) groups is 2. The summed E-state index contributed by atoms with van der Waals surface area (Å²) in [5.41, 5.74) is 13.5. The van der Waals surface area contributed by atoms with Crippen LogP contribution in [0, 0.1) is 29.6 Å². The summed E-state index contributed by atoms with van der Waals surface area (Å²) < 4.78 is 47.5. The van der Waals surface area contributed by atoms with E-state index in [2.05, 4.69) is 69.7 Å².